The van der Waals surface area contributed by atoms with Gasteiger partial charge in [0.1, 0.15) is 0 Å². The number of halogens is 1. The smallest absolute Gasteiger partial charge is 0.261 e. The van der Waals surface area contributed by atoms with Gasteiger partial charge >= 0.3 is 0 Å². The number of hydrogen-bond donors (Lipinski definition) is 2. The van der Waals surface area contributed by atoms with Crippen LogP contribution in [-0.4, -0.2) is 18.0 Å². The van der Waals surface area contributed by atoms with Crippen LogP contribution in [0, 0.1) is 0 Å². The summed E-state index contributed by atoms with van der Waals surface area (Å²) in [7, 11) is 0. The molecule has 1 heterocycles. The summed E-state index contributed by atoms with van der Waals surface area (Å²) in [5, 5.41) is 3.01. The molecule has 1 aliphatic rings. The molecule has 0 saturated heterocycles. The van der Waals surface area contributed by atoms with E-state index in [2.05, 4.69) is 21.2 Å². The van der Waals surface area contributed by atoms with Crippen LogP contribution in [0.3, 0.4) is 0 Å². The second-order valence-corrected chi connectivity index (χ2v) is 6.31. The summed E-state index contributed by atoms with van der Waals surface area (Å²) in [5.41, 5.74) is 5.79. The maximum atomic E-state index is 11.8. The molecule has 2 unspecified atom stereocenters. The van der Waals surface area contributed by atoms with E-state index in [0.29, 0.717) is 0 Å². The van der Waals surface area contributed by atoms with Gasteiger partial charge < -0.3 is 11.1 Å². The number of rotatable bonds is 2. The third kappa shape index (κ3) is 2.80. The Labute approximate surface area is 101 Å². The molecule has 1 aliphatic carbocycles. The van der Waals surface area contributed by atoms with Crippen molar-refractivity contribution in [2.45, 2.75) is 31.3 Å². The summed E-state index contributed by atoms with van der Waals surface area (Å²) in [6.45, 7) is 0. The molecule has 0 bridgehead atoms. The normalized spacial score (nSPS) is 25.5. The van der Waals surface area contributed by atoms with Crippen LogP contribution in [0.2, 0.25) is 0 Å². The molecule has 0 spiro atoms. The number of nitrogens with one attached hydrogen (secondary N) is 1. The Bertz CT molecular complexity index is 366. The van der Waals surface area contributed by atoms with Gasteiger partial charge in [-0.05, 0) is 47.3 Å². The van der Waals surface area contributed by atoms with E-state index in [9.17, 15) is 4.79 Å². The van der Waals surface area contributed by atoms with Crippen LogP contribution in [0.4, 0.5) is 0 Å². The number of nitrogens with two attached hydrogens (primary N) is 1. The predicted octanol–water partition coefficient (Wildman–Crippen LogP) is 2.12. The summed E-state index contributed by atoms with van der Waals surface area (Å²) in [5.74, 6) is 0.0183. The zero-order valence-corrected chi connectivity index (χ0v) is 10.6. The molecule has 1 saturated carbocycles. The number of carbonyl (C=O) groups is 1. The largest absolute Gasteiger partial charge is 0.349 e. The monoisotopic (exact) mass is 288 g/mol. The maximum absolute atomic E-state index is 11.8. The lowest BCUT2D eigenvalue weighted by atomic mass is 10.2. The van der Waals surface area contributed by atoms with Gasteiger partial charge in [0.2, 0.25) is 0 Å². The van der Waals surface area contributed by atoms with Crippen LogP contribution in [0.15, 0.2) is 15.9 Å². The molecule has 0 radical (unpaired) electrons. The molecular formula is C10H13BrN2OS. The molecule has 0 aliphatic heterocycles. The standard InChI is InChI=1S/C10H13BrN2OS/c11-9-4-3-8(15-9)10(14)13-7-2-1-6(12)5-7/h3-4,6-7H,1-2,5,12H2,(H,13,14). The van der Waals surface area contributed by atoms with E-state index in [4.69, 9.17) is 5.73 Å². The molecule has 1 amide bonds. The van der Waals surface area contributed by atoms with Crippen molar-refractivity contribution in [1.82, 2.24) is 5.32 Å². The van der Waals surface area contributed by atoms with Crippen molar-refractivity contribution in [1.29, 1.82) is 0 Å². The first-order valence-corrected chi connectivity index (χ1v) is 6.58. The van der Waals surface area contributed by atoms with Crippen LogP contribution in [0.25, 0.3) is 0 Å². The van der Waals surface area contributed by atoms with E-state index >= 15 is 0 Å². The van der Waals surface area contributed by atoms with E-state index in [1.807, 2.05) is 12.1 Å². The maximum Gasteiger partial charge on any atom is 0.261 e. The van der Waals surface area contributed by atoms with Gasteiger partial charge in [-0.25, -0.2) is 0 Å². The molecule has 3 nitrogen and oxygen atoms in total. The molecule has 5 heteroatoms. The summed E-state index contributed by atoms with van der Waals surface area (Å²) in [6.07, 6.45) is 2.91. The van der Waals surface area contributed by atoms with Gasteiger partial charge in [-0.1, -0.05) is 0 Å². The molecule has 1 aromatic rings. The van der Waals surface area contributed by atoms with Crippen LogP contribution >= 0.6 is 27.3 Å². The van der Waals surface area contributed by atoms with Crippen LogP contribution in [0.5, 0.6) is 0 Å². The molecule has 2 atom stereocenters. The topological polar surface area (TPSA) is 55.1 Å². The SMILES string of the molecule is NC1CCC(NC(=O)c2ccc(Br)s2)C1. The Hall–Kier alpha value is -0.390. The summed E-state index contributed by atoms with van der Waals surface area (Å²) in [6, 6.07) is 4.23. The van der Waals surface area contributed by atoms with Gasteiger partial charge in [-0.3, -0.25) is 4.79 Å². The molecule has 82 valence electrons. The first-order chi connectivity index (χ1) is 7.15. The second kappa shape index (κ2) is 4.63. The van der Waals surface area contributed by atoms with Gasteiger partial charge in [-0.2, -0.15) is 0 Å². The molecule has 2 rings (SSSR count). The minimum atomic E-state index is 0.0183. The first-order valence-electron chi connectivity index (χ1n) is 4.97. The lowest BCUT2D eigenvalue weighted by molar-refractivity contribution is 0.0942. The van der Waals surface area contributed by atoms with Gasteiger partial charge in [0.25, 0.3) is 5.91 Å². The Balaban J connectivity index is 1.92. The van der Waals surface area contributed by atoms with Crippen LogP contribution < -0.4 is 11.1 Å². The van der Waals surface area contributed by atoms with E-state index in [0.717, 1.165) is 27.9 Å². The number of thiophene rings is 1. The zero-order chi connectivity index (χ0) is 10.8. The quantitative estimate of drug-likeness (QED) is 0.876. The number of amides is 1. The zero-order valence-electron chi connectivity index (χ0n) is 8.20. The molecule has 15 heavy (non-hydrogen) atoms. The number of carbonyl (C=O) groups excluding carboxylic acids is 1. The van der Waals surface area contributed by atoms with Crippen molar-refractivity contribution in [3.8, 4) is 0 Å². The molecular weight excluding hydrogens is 276 g/mol. The lowest BCUT2D eigenvalue weighted by Crippen LogP contribution is -2.33. The van der Waals surface area contributed by atoms with Gasteiger partial charge in [0.05, 0.1) is 8.66 Å². The first kappa shape index (κ1) is 11.1. The average Bonchev–Trinajstić information content (AvgIpc) is 2.75. The highest BCUT2D eigenvalue weighted by atomic mass is 79.9. The van der Waals surface area contributed by atoms with E-state index in [1.54, 1.807) is 0 Å². The second-order valence-electron chi connectivity index (χ2n) is 3.85. The minimum absolute atomic E-state index is 0.0183. The van der Waals surface area contributed by atoms with Crippen molar-refractivity contribution in [3.63, 3.8) is 0 Å². The van der Waals surface area contributed by atoms with Crippen molar-refractivity contribution >= 4 is 33.2 Å². The third-order valence-corrected chi connectivity index (χ3v) is 4.23. The molecule has 0 aromatic carbocycles. The highest BCUT2D eigenvalue weighted by Gasteiger charge is 2.23. The van der Waals surface area contributed by atoms with Crippen molar-refractivity contribution < 1.29 is 4.79 Å². The molecule has 1 fully saturated rings. The van der Waals surface area contributed by atoms with Gasteiger partial charge in [0, 0.05) is 12.1 Å². The third-order valence-electron chi connectivity index (χ3n) is 2.61. The van der Waals surface area contributed by atoms with Gasteiger partial charge in [-0.15, -0.1) is 11.3 Å². The number of hydrogen-bond acceptors (Lipinski definition) is 3. The fourth-order valence-corrected chi connectivity index (χ4v) is 3.13. The van der Waals surface area contributed by atoms with E-state index in [1.165, 1.54) is 11.3 Å². The fraction of sp³-hybridized carbons (Fsp3) is 0.500. The summed E-state index contributed by atoms with van der Waals surface area (Å²) >= 11 is 4.79. The fourth-order valence-electron chi connectivity index (χ4n) is 1.84. The minimum Gasteiger partial charge on any atom is -0.349 e. The van der Waals surface area contributed by atoms with Crippen LogP contribution in [-0.2, 0) is 0 Å². The summed E-state index contributed by atoms with van der Waals surface area (Å²) < 4.78 is 0.982. The molecule has 3 N–H and O–H groups in total. The van der Waals surface area contributed by atoms with Crippen LogP contribution in [0.1, 0.15) is 28.9 Å². The van der Waals surface area contributed by atoms with E-state index in [-0.39, 0.29) is 18.0 Å². The Kier molecular flexibility index (Phi) is 3.43. The van der Waals surface area contributed by atoms with Gasteiger partial charge in [0.15, 0.2) is 0 Å². The van der Waals surface area contributed by atoms with E-state index < -0.39 is 0 Å². The highest BCUT2D eigenvalue weighted by Crippen LogP contribution is 2.23. The predicted molar refractivity (Wildman–Crippen MR) is 65.1 cm³/mol. The van der Waals surface area contributed by atoms with Crippen molar-refractivity contribution in [2.24, 2.45) is 5.73 Å². The Morgan fingerprint density at radius 1 is 1.53 bits per heavy atom. The highest BCUT2D eigenvalue weighted by molar-refractivity contribution is 9.11. The molecule has 1 aromatic heterocycles. The Morgan fingerprint density at radius 2 is 2.33 bits per heavy atom. The van der Waals surface area contributed by atoms with Crippen molar-refractivity contribution in [2.75, 3.05) is 0 Å². The lowest BCUT2D eigenvalue weighted by Gasteiger charge is -2.10. The average molecular weight is 289 g/mol. The van der Waals surface area contributed by atoms with Crippen molar-refractivity contribution in [3.05, 3.63) is 20.8 Å². The summed E-state index contributed by atoms with van der Waals surface area (Å²) in [4.78, 5) is 12.5. The Morgan fingerprint density at radius 3 is 2.87 bits per heavy atom.